The molecule has 1 saturated carbocycles. The predicted octanol–water partition coefficient (Wildman–Crippen LogP) is 2.06. The molecule has 114 valence electrons. The van der Waals surface area contributed by atoms with Gasteiger partial charge in [-0.15, -0.1) is 0 Å². The van der Waals surface area contributed by atoms with Gasteiger partial charge in [0.1, 0.15) is 0 Å². The number of carbonyl (C=O) groups excluding carboxylic acids is 1. The van der Waals surface area contributed by atoms with E-state index in [1.54, 1.807) is 6.07 Å². The standard InChI is InChI=1S/C15H14N2O5/c18-14(16-10-2-1-3-11(7-10)17(21)22)12-8-4-5-9(6-8)13(12)15(19)20/h1-5,7-9,12-13H,6H2,(H,16,18)(H,19,20)/t8-,9-,12+,13+/m1/s1. The molecule has 3 rings (SSSR count). The smallest absolute Gasteiger partial charge is 0.307 e. The second kappa shape index (κ2) is 5.25. The minimum Gasteiger partial charge on any atom is -0.481 e. The summed E-state index contributed by atoms with van der Waals surface area (Å²) in [4.78, 5) is 34.0. The number of amides is 1. The van der Waals surface area contributed by atoms with E-state index in [2.05, 4.69) is 5.32 Å². The highest BCUT2D eigenvalue weighted by molar-refractivity contribution is 5.96. The number of hydrogen-bond acceptors (Lipinski definition) is 4. The van der Waals surface area contributed by atoms with Gasteiger partial charge in [-0.1, -0.05) is 18.2 Å². The van der Waals surface area contributed by atoms with Gasteiger partial charge in [0, 0.05) is 17.8 Å². The van der Waals surface area contributed by atoms with Crippen LogP contribution in [-0.2, 0) is 9.59 Å². The average molecular weight is 302 g/mol. The maximum absolute atomic E-state index is 12.4. The van der Waals surface area contributed by atoms with E-state index < -0.39 is 28.6 Å². The summed E-state index contributed by atoms with van der Waals surface area (Å²) in [6, 6.07) is 5.61. The lowest BCUT2D eigenvalue weighted by molar-refractivity contribution is -0.384. The fourth-order valence-electron chi connectivity index (χ4n) is 3.44. The molecular weight excluding hydrogens is 288 g/mol. The molecule has 1 fully saturated rings. The second-order valence-corrected chi connectivity index (χ2v) is 5.63. The fraction of sp³-hybridized carbons (Fsp3) is 0.333. The van der Waals surface area contributed by atoms with Gasteiger partial charge in [0.05, 0.1) is 16.8 Å². The van der Waals surface area contributed by atoms with Gasteiger partial charge in [-0.25, -0.2) is 0 Å². The summed E-state index contributed by atoms with van der Waals surface area (Å²) >= 11 is 0. The van der Waals surface area contributed by atoms with E-state index in [1.165, 1.54) is 18.2 Å². The number of rotatable bonds is 4. The van der Waals surface area contributed by atoms with Gasteiger partial charge in [0.2, 0.25) is 5.91 Å². The van der Waals surface area contributed by atoms with E-state index in [1.807, 2.05) is 12.2 Å². The van der Waals surface area contributed by atoms with Crippen molar-refractivity contribution in [2.75, 3.05) is 5.32 Å². The van der Waals surface area contributed by atoms with Gasteiger partial charge in [-0.05, 0) is 24.3 Å². The highest BCUT2D eigenvalue weighted by Crippen LogP contribution is 2.48. The summed E-state index contributed by atoms with van der Waals surface area (Å²) in [7, 11) is 0. The van der Waals surface area contributed by atoms with Crippen LogP contribution >= 0.6 is 0 Å². The molecule has 0 unspecified atom stereocenters. The van der Waals surface area contributed by atoms with Crippen LogP contribution in [0.5, 0.6) is 0 Å². The Morgan fingerprint density at radius 2 is 1.91 bits per heavy atom. The molecule has 2 N–H and O–H groups in total. The first-order valence-electron chi connectivity index (χ1n) is 6.94. The quantitative estimate of drug-likeness (QED) is 0.502. The maximum atomic E-state index is 12.4. The van der Waals surface area contributed by atoms with E-state index >= 15 is 0 Å². The van der Waals surface area contributed by atoms with Gasteiger partial charge in [0.25, 0.3) is 5.69 Å². The second-order valence-electron chi connectivity index (χ2n) is 5.63. The van der Waals surface area contributed by atoms with Crippen LogP contribution in [0.4, 0.5) is 11.4 Å². The Balaban J connectivity index is 1.80. The highest BCUT2D eigenvalue weighted by Gasteiger charge is 2.51. The number of nitrogens with one attached hydrogen (secondary N) is 1. The zero-order valence-electron chi connectivity index (χ0n) is 11.5. The lowest BCUT2D eigenvalue weighted by Crippen LogP contribution is -2.36. The van der Waals surface area contributed by atoms with Gasteiger partial charge in [-0.3, -0.25) is 19.7 Å². The van der Waals surface area contributed by atoms with Crippen LogP contribution < -0.4 is 5.32 Å². The van der Waals surface area contributed by atoms with Crippen molar-refractivity contribution < 1.29 is 19.6 Å². The third-order valence-corrected chi connectivity index (χ3v) is 4.37. The predicted molar refractivity (Wildman–Crippen MR) is 77.1 cm³/mol. The van der Waals surface area contributed by atoms with Crippen molar-refractivity contribution in [3.8, 4) is 0 Å². The number of hydrogen-bond donors (Lipinski definition) is 2. The number of fused-ring (bicyclic) bond motifs is 2. The van der Waals surface area contributed by atoms with E-state index in [-0.39, 0.29) is 17.5 Å². The number of anilines is 1. The minimum absolute atomic E-state index is 0.0789. The summed E-state index contributed by atoms with van der Waals surface area (Å²) in [6.45, 7) is 0. The van der Waals surface area contributed by atoms with Crippen molar-refractivity contribution in [1.82, 2.24) is 0 Å². The molecule has 0 saturated heterocycles. The molecule has 1 aromatic carbocycles. The fourth-order valence-corrected chi connectivity index (χ4v) is 3.44. The van der Waals surface area contributed by atoms with E-state index in [9.17, 15) is 24.8 Å². The SMILES string of the molecule is O=C(O)[C@@H]1[C@@H](C(=O)Nc2cccc([N+](=O)[O-])c2)[C@@H]2C=C[C@@H]1C2. The summed E-state index contributed by atoms with van der Waals surface area (Å²) in [5.41, 5.74) is 0.176. The molecule has 2 aliphatic carbocycles. The van der Waals surface area contributed by atoms with Gasteiger partial charge >= 0.3 is 5.97 Å². The van der Waals surface area contributed by atoms with Crippen molar-refractivity contribution in [1.29, 1.82) is 0 Å². The number of carbonyl (C=O) groups is 2. The molecule has 0 radical (unpaired) electrons. The summed E-state index contributed by atoms with van der Waals surface area (Å²) in [5.74, 6) is -2.92. The zero-order chi connectivity index (χ0) is 15.9. The third kappa shape index (κ3) is 2.34. The van der Waals surface area contributed by atoms with E-state index in [0.29, 0.717) is 12.1 Å². The van der Waals surface area contributed by atoms with Crippen LogP contribution in [0.15, 0.2) is 36.4 Å². The first-order chi connectivity index (χ1) is 10.5. The summed E-state index contributed by atoms with van der Waals surface area (Å²) < 4.78 is 0. The Morgan fingerprint density at radius 1 is 1.23 bits per heavy atom. The first kappa shape index (κ1) is 14.2. The van der Waals surface area contributed by atoms with E-state index in [4.69, 9.17) is 0 Å². The molecule has 0 aliphatic heterocycles. The zero-order valence-corrected chi connectivity index (χ0v) is 11.5. The molecule has 22 heavy (non-hydrogen) atoms. The molecule has 0 spiro atoms. The summed E-state index contributed by atoms with van der Waals surface area (Å²) in [6.07, 6.45) is 4.42. The normalized spacial score (nSPS) is 28.5. The Bertz CT molecular complexity index is 684. The average Bonchev–Trinajstić information content (AvgIpc) is 3.07. The molecular formula is C15H14N2O5. The van der Waals surface area contributed by atoms with Crippen molar-refractivity contribution in [3.63, 3.8) is 0 Å². The molecule has 7 heteroatoms. The maximum Gasteiger partial charge on any atom is 0.307 e. The van der Waals surface area contributed by atoms with Crippen LogP contribution in [0.1, 0.15) is 6.42 Å². The molecule has 1 amide bonds. The number of carboxylic acids is 1. The Morgan fingerprint density at radius 3 is 2.55 bits per heavy atom. The Hall–Kier alpha value is -2.70. The summed E-state index contributed by atoms with van der Waals surface area (Å²) in [5, 5.41) is 22.7. The van der Waals surface area contributed by atoms with Crippen molar-refractivity contribution in [2.24, 2.45) is 23.7 Å². The topological polar surface area (TPSA) is 110 Å². The van der Waals surface area contributed by atoms with Crippen molar-refractivity contribution >= 4 is 23.3 Å². The largest absolute Gasteiger partial charge is 0.481 e. The van der Waals surface area contributed by atoms with Gasteiger partial charge in [0.15, 0.2) is 0 Å². The Labute approximate surface area is 125 Å². The molecule has 2 bridgehead atoms. The minimum atomic E-state index is -0.976. The molecule has 2 aliphatic rings. The lowest BCUT2D eigenvalue weighted by Gasteiger charge is -2.23. The Kier molecular flexibility index (Phi) is 3.40. The van der Waals surface area contributed by atoms with Crippen LogP contribution in [0, 0.1) is 33.8 Å². The molecule has 4 atom stereocenters. The number of nitro groups is 1. The monoisotopic (exact) mass is 302 g/mol. The number of aliphatic carboxylic acids is 1. The molecule has 7 nitrogen and oxygen atoms in total. The number of carboxylic acid groups (broad SMARTS) is 1. The number of non-ortho nitro benzene ring substituents is 1. The third-order valence-electron chi connectivity index (χ3n) is 4.37. The van der Waals surface area contributed by atoms with Crippen molar-refractivity contribution in [3.05, 3.63) is 46.5 Å². The molecule has 1 aromatic rings. The first-order valence-corrected chi connectivity index (χ1v) is 6.94. The van der Waals surface area contributed by atoms with Crippen LogP contribution in [0.2, 0.25) is 0 Å². The van der Waals surface area contributed by atoms with Gasteiger partial charge in [-0.2, -0.15) is 0 Å². The van der Waals surface area contributed by atoms with Crippen LogP contribution in [0.25, 0.3) is 0 Å². The molecule has 0 heterocycles. The number of nitro benzene ring substituents is 1. The number of allylic oxidation sites excluding steroid dienone is 2. The highest BCUT2D eigenvalue weighted by atomic mass is 16.6. The van der Waals surface area contributed by atoms with Crippen LogP contribution in [0.3, 0.4) is 0 Å². The van der Waals surface area contributed by atoms with E-state index in [0.717, 1.165) is 0 Å². The lowest BCUT2D eigenvalue weighted by atomic mass is 9.82. The number of nitrogens with zero attached hydrogens (tertiary/aromatic N) is 1. The number of benzene rings is 1. The van der Waals surface area contributed by atoms with Crippen LogP contribution in [-0.4, -0.2) is 21.9 Å². The molecule has 0 aromatic heterocycles. The van der Waals surface area contributed by atoms with Crippen molar-refractivity contribution in [2.45, 2.75) is 6.42 Å². The van der Waals surface area contributed by atoms with Gasteiger partial charge < -0.3 is 10.4 Å².